The van der Waals surface area contributed by atoms with Gasteiger partial charge in [0.05, 0.1) is 0 Å². The predicted octanol–water partition coefficient (Wildman–Crippen LogP) is 6.59. The van der Waals surface area contributed by atoms with Crippen molar-refractivity contribution in [2.24, 2.45) is 0 Å². The number of ether oxygens (including phenoxy) is 3. The van der Waals surface area contributed by atoms with E-state index in [4.69, 9.17) is 0 Å². The Kier molecular flexibility index (Phi) is 8.48. The molecule has 0 rings (SSSR count). The molecule has 0 saturated carbocycles. The first-order valence-corrected chi connectivity index (χ1v) is 8.20. The van der Waals surface area contributed by atoms with Gasteiger partial charge < -0.3 is 4.74 Å². The van der Waals surface area contributed by atoms with Crippen LogP contribution in [0, 0.1) is 0 Å². The van der Waals surface area contributed by atoms with Crippen molar-refractivity contribution in [2.45, 2.75) is 81.2 Å². The molecule has 0 bridgehead atoms. The number of esters is 1. The van der Waals surface area contributed by atoms with Gasteiger partial charge in [-0.1, -0.05) is 6.92 Å². The second-order valence-electron chi connectivity index (χ2n) is 7.00. The molecule has 0 radical (unpaired) electrons. The van der Waals surface area contributed by atoms with Crippen LogP contribution in [-0.4, -0.2) is 59.9 Å². The molecule has 0 amide bonds. The molecule has 0 N–H and O–H groups in total. The third kappa shape index (κ3) is 6.13. The molecule has 0 saturated heterocycles. The van der Waals surface area contributed by atoms with E-state index in [0.717, 1.165) is 6.92 Å². The van der Waals surface area contributed by atoms with Crippen molar-refractivity contribution in [3.8, 4) is 0 Å². The highest BCUT2D eigenvalue weighted by molar-refractivity contribution is 5.79. The first kappa shape index (κ1) is 33.2. The van der Waals surface area contributed by atoms with Crippen molar-refractivity contribution in [3.05, 3.63) is 0 Å². The fourth-order valence-electron chi connectivity index (χ4n) is 1.53. The molecule has 210 valence electrons. The highest BCUT2D eigenvalue weighted by Crippen LogP contribution is 2.56. The van der Waals surface area contributed by atoms with Crippen molar-refractivity contribution in [2.75, 3.05) is 0 Å². The van der Waals surface area contributed by atoms with Gasteiger partial charge in [-0.2, -0.15) is 74.6 Å². The Morgan fingerprint density at radius 2 is 1.00 bits per heavy atom. The molecule has 0 fully saturated rings. The average molecular weight is 566 g/mol. The molecular formula is C14H11F17O4. The zero-order valence-corrected chi connectivity index (χ0v) is 16.8. The summed E-state index contributed by atoms with van der Waals surface area (Å²) in [5.74, 6) is -26.4. The molecule has 0 aromatic rings. The fourth-order valence-corrected chi connectivity index (χ4v) is 1.53. The Labute approximate surface area is 182 Å². The monoisotopic (exact) mass is 566 g/mol. The van der Waals surface area contributed by atoms with Crippen LogP contribution in [0.2, 0.25) is 0 Å². The lowest BCUT2D eigenvalue weighted by atomic mass is 10.1. The van der Waals surface area contributed by atoms with Crippen LogP contribution in [0.5, 0.6) is 0 Å². The summed E-state index contributed by atoms with van der Waals surface area (Å²) in [5.41, 5.74) is -2.21. The van der Waals surface area contributed by atoms with E-state index in [1.165, 1.54) is 4.74 Å². The summed E-state index contributed by atoms with van der Waals surface area (Å²) in [5, 5.41) is 0. The molecule has 2 atom stereocenters. The third-order valence-electron chi connectivity index (χ3n) is 3.85. The number of hydrogen-bond acceptors (Lipinski definition) is 4. The van der Waals surface area contributed by atoms with Crippen molar-refractivity contribution in [3.63, 3.8) is 0 Å². The Hall–Kier alpha value is -1.80. The van der Waals surface area contributed by atoms with E-state index in [2.05, 4.69) is 4.74 Å². The van der Waals surface area contributed by atoms with Crippen LogP contribution < -0.4 is 0 Å². The fraction of sp³-hybridized carbons (Fsp3) is 0.929. The molecule has 0 aromatic carbocycles. The van der Waals surface area contributed by atoms with Gasteiger partial charge in [-0.05, 0) is 20.3 Å². The largest absolute Gasteiger partial charge is 0.462 e. The zero-order chi connectivity index (χ0) is 28.9. The zero-order valence-electron chi connectivity index (χ0n) is 16.8. The lowest BCUT2D eigenvalue weighted by molar-refractivity contribution is -0.549. The van der Waals surface area contributed by atoms with E-state index in [-0.39, 0.29) is 0 Å². The van der Waals surface area contributed by atoms with Gasteiger partial charge in [0.15, 0.2) is 0 Å². The van der Waals surface area contributed by atoms with E-state index in [0.29, 0.717) is 13.8 Å². The Bertz CT molecular complexity index is 768. The van der Waals surface area contributed by atoms with Crippen LogP contribution in [-0.2, 0) is 19.0 Å². The minimum absolute atomic E-state index is 0.541. The van der Waals surface area contributed by atoms with Crippen LogP contribution in [0.25, 0.3) is 0 Å². The molecular weight excluding hydrogens is 555 g/mol. The van der Waals surface area contributed by atoms with Crippen molar-refractivity contribution in [1.29, 1.82) is 0 Å². The third-order valence-corrected chi connectivity index (χ3v) is 3.85. The first-order chi connectivity index (χ1) is 14.9. The lowest BCUT2D eigenvalue weighted by Crippen LogP contribution is -2.68. The maximum Gasteiger partial charge on any atom is 0.462 e. The minimum Gasteiger partial charge on any atom is -0.455 e. The van der Waals surface area contributed by atoms with Gasteiger partial charge in [0, 0.05) is 0 Å². The van der Waals surface area contributed by atoms with Crippen LogP contribution in [0.15, 0.2) is 0 Å². The van der Waals surface area contributed by atoms with Crippen molar-refractivity contribution in [1.82, 2.24) is 0 Å². The second kappa shape index (κ2) is 8.94. The Morgan fingerprint density at radius 3 is 1.29 bits per heavy atom. The molecule has 0 aliphatic heterocycles. The Morgan fingerprint density at radius 1 is 0.600 bits per heavy atom. The first-order valence-electron chi connectivity index (χ1n) is 8.20. The number of hydrogen-bond donors (Lipinski definition) is 0. The topological polar surface area (TPSA) is 44.8 Å². The quantitative estimate of drug-likeness (QED) is 0.234. The van der Waals surface area contributed by atoms with Crippen molar-refractivity contribution >= 4 is 5.97 Å². The molecule has 0 unspecified atom stereocenters. The molecule has 0 aliphatic rings. The number of rotatable bonds is 9. The normalized spacial score (nSPS) is 18.6. The number of carbonyl (C=O) groups excluding carboxylic acids is 1. The molecule has 35 heavy (non-hydrogen) atoms. The van der Waals surface area contributed by atoms with E-state index in [1.54, 1.807) is 0 Å². The van der Waals surface area contributed by atoms with Crippen LogP contribution in [0.3, 0.4) is 0 Å². The smallest absolute Gasteiger partial charge is 0.455 e. The van der Waals surface area contributed by atoms with E-state index in [1.807, 2.05) is 4.74 Å². The van der Waals surface area contributed by atoms with Crippen LogP contribution >= 0.6 is 0 Å². The van der Waals surface area contributed by atoms with Gasteiger partial charge in [0.2, 0.25) is 0 Å². The standard InChI is InChI=1S/C14H11F17O4/c1-4-6(2,3)33-5(32)7(15,10(19,20)21)34-14(30,31)9(18,12(25,26)27)35-13(28,29)8(16,17)11(22,23)24/h4H2,1-3H3/t7-,9-/m1/s1. The summed E-state index contributed by atoms with van der Waals surface area (Å²) in [6.07, 6.45) is -39.1. The number of halogens is 17. The minimum atomic E-state index is -8.05. The highest BCUT2D eigenvalue weighted by atomic mass is 19.4. The van der Waals surface area contributed by atoms with Gasteiger partial charge >= 0.3 is 54.3 Å². The van der Waals surface area contributed by atoms with Gasteiger partial charge in [0.1, 0.15) is 5.60 Å². The number of carbonyl (C=O) groups is 1. The summed E-state index contributed by atoms with van der Waals surface area (Å²) in [4.78, 5) is 11.5. The predicted molar refractivity (Wildman–Crippen MR) is 73.3 cm³/mol. The summed E-state index contributed by atoms with van der Waals surface area (Å²) in [6, 6.07) is 0. The van der Waals surface area contributed by atoms with Crippen LogP contribution in [0.1, 0.15) is 27.2 Å². The summed E-state index contributed by atoms with van der Waals surface area (Å²) in [7, 11) is 0. The van der Waals surface area contributed by atoms with E-state index in [9.17, 15) is 79.4 Å². The maximum atomic E-state index is 14.2. The van der Waals surface area contributed by atoms with Crippen LogP contribution in [0.4, 0.5) is 74.6 Å². The van der Waals surface area contributed by atoms with E-state index >= 15 is 0 Å². The Balaban J connectivity index is 6.80. The summed E-state index contributed by atoms with van der Waals surface area (Å²) >= 11 is 0. The van der Waals surface area contributed by atoms with Gasteiger partial charge in [-0.15, -0.1) is 0 Å². The second-order valence-corrected chi connectivity index (χ2v) is 7.00. The molecule has 0 heterocycles. The molecule has 4 nitrogen and oxygen atoms in total. The average Bonchev–Trinajstić information content (AvgIpc) is 2.57. The van der Waals surface area contributed by atoms with Gasteiger partial charge in [-0.3, -0.25) is 9.47 Å². The lowest BCUT2D eigenvalue weighted by Gasteiger charge is -2.40. The van der Waals surface area contributed by atoms with Gasteiger partial charge in [0.25, 0.3) is 0 Å². The molecule has 0 aromatic heterocycles. The SMILES string of the molecule is CCC(C)(C)OC(=O)[C@@](F)(OC(F)(F)[C@](F)(OC(F)(F)C(F)(F)C(F)(F)F)C(F)(F)F)C(F)(F)F. The number of alkyl halides is 17. The van der Waals surface area contributed by atoms with Gasteiger partial charge in [-0.25, -0.2) is 4.79 Å². The molecule has 21 heteroatoms. The molecule has 0 aliphatic carbocycles. The van der Waals surface area contributed by atoms with Crippen molar-refractivity contribution < 1.29 is 93.6 Å². The summed E-state index contributed by atoms with van der Waals surface area (Å²) in [6.45, 7) is 2.37. The highest BCUT2D eigenvalue weighted by Gasteiger charge is 2.85. The molecule has 0 spiro atoms. The maximum absolute atomic E-state index is 14.2. The summed E-state index contributed by atoms with van der Waals surface area (Å²) < 4.78 is 228. The van der Waals surface area contributed by atoms with E-state index < -0.39 is 66.4 Å².